The van der Waals surface area contributed by atoms with Crippen LogP contribution in [-0.4, -0.2) is 10.9 Å². The van der Waals surface area contributed by atoms with E-state index in [2.05, 4.69) is 15.9 Å². The van der Waals surface area contributed by atoms with Gasteiger partial charge in [-0.1, -0.05) is 0 Å². The van der Waals surface area contributed by atoms with Gasteiger partial charge in [-0.3, -0.25) is 4.79 Å². The Hall–Kier alpha value is -0.900. The summed E-state index contributed by atoms with van der Waals surface area (Å²) in [5, 5.41) is 9.01. The number of halogens is 2. The molecule has 0 aliphatic heterocycles. The second kappa shape index (κ2) is 3.23. The van der Waals surface area contributed by atoms with E-state index in [1.807, 2.05) is 0 Å². The smallest absolute Gasteiger partial charge is 0.162 e. The number of hydrogen-bond acceptors (Lipinski definition) is 2. The summed E-state index contributed by atoms with van der Waals surface area (Å²) in [7, 11) is 0. The lowest BCUT2D eigenvalue weighted by Crippen LogP contribution is -1.96. The standard InChI is InChI=1S/C8H6BrFO2/c1-4(11)5-2-6(9)8(12)3-7(5)10/h2-3,12H,1H3. The fraction of sp³-hybridized carbons (Fsp3) is 0.125. The van der Waals surface area contributed by atoms with Crippen molar-refractivity contribution in [3.05, 3.63) is 28.0 Å². The van der Waals surface area contributed by atoms with E-state index in [1.165, 1.54) is 13.0 Å². The molecule has 0 atom stereocenters. The van der Waals surface area contributed by atoms with Gasteiger partial charge < -0.3 is 5.11 Å². The zero-order valence-corrected chi connectivity index (χ0v) is 7.85. The van der Waals surface area contributed by atoms with Crippen LogP contribution in [0.3, 0.4) is 0 Å². The molecule has 12 heavy (non-hydrogen) atoms. The summed E-state index contributed by atoms with van der Waals surface area (Å²) >= 11 is 2.98. The van der Waals surface area contributed by atoms with Crippen molar-refractivity contribution in [3.63, 3.8) is 0 Å². The highest BCUT2D eigenvalue weighted by Crippen LogP contribution is 2.26. The summed E-state index contributed by atoms with van der Waals surface area (Å²) in [6.07, 6.45) is 0. The van der Waals surface area contributed by atoms with Gasteiger partial charge in [0.2, 0.25) is 0 Å². The van der Waals surface area contributed by atoms with Crippen LogP contribution in [0.5, 0.6) is 5.75 Å². The molecule has 0 fully saturated rings. The molecule has 0 saturated carbocycles. The first-order chi connectivity index (χ1) is 5.52. The van der Waals surface area contributed by atoms with Crippen molar-refractivity contribution in [1.82, 2.24) is 0 Å². The minimum absolute atomic E-state index is 0.0281. The van der Waals surface area contributed by atoms with E-state index in [4.69, 9.17) is 5.11 Å². The molecule has 64 valence electrons. The predicted molar refractivity (Wildman–Crippen MR) is 45.8 cm³/mol. The van der Waals surface area contributed by atoms with E-state index in [-0.39, 0.29) is 17.1 Å². The summed E-state index contributed by atoms with van der Waals surface area (Å²) in [4.78, 5) is 10.8. The first-order valence-electron chi connectivity index (χ1n) is 3.21. The highest BCUT2D eigenvalue weighted by atomic mass is 79.9. The predicted octanol–water partition coefficient (Wildman–Crippen LogP) is 2.50. The Morgan fingerprint density at radius 3 is 2.67 bits per heavy atom. The summed E-state index contributed by atoms with van der Waals surface area (Å²) < 4.78 is 13.2. The molecule has 1 rings (SSSR count). The average Bonchev–Trinajstić information content (AvgIpc) is 1.96. The monoisotopic (exact) mass is 232 g/mol. The lowest BCUT2D eigenvalue weighted by Gasteiger charge is -2.01. The number of phenolic OH excluding ortho intramolecular Hbond substituents is 1. The second-order valence-corrected chi connectivity index (χ2v) is 3.19. The minimum atomic E-state index is -0.705. The topological polar surface area (TPSA) is 37.3 Å². The van der Waals surface area contributed by atoms with Crippen LogP contribution in [0.4, 0.5) is 4.39 Å². The zero-order chi connectivity index (χ0) is 9.30. The van der Waals surface area contributed by atoms with E-state index in [9.17, 15) is 9.18 Å². The summed E-state index contributed by atoms with van der Waals surface area (Å²) in [6, 6.07) is 2.16. The minimum Gasteiger partial charge on any atom is -0.507 e. The molecule has 2 nitrogen and oxygen atoms in total. The normalized spacial score (nSPS) is 9.92. The Morgan fingerprint density at radius 1 is 1.58 bits per heavy atom. The van der Waals surface area contributed by atoms with Crippen LogP contribution in [0.25, 0.3) is 0 Å². The number of phenols is 1. The van der Waals surface area contributed by atoms with Gasteiger partial charge in [-0.15, -0.1) is 0 Å². The van der Waals surface area contributed by atoms with Crippen molar-refractivity contribution in [2.45, 2.75) is 6.92 Å². The summed E-state index contributed by atoms with van der Waals surface area (Å²) in [5.41, 5.74) is -0.0281. The second-order valence-electron chi connectivity index (χ2n) is 2.34. The van der Waals surface area contributed by atoms with Gasteiger partial charge in [0.25, 0.3) is 0 Å². The van der Waals surface area contributed by atoms with Crippen molar-refractivity contribution in [3.8, 4) is 5.75 Å². The molecule has 0 radical (unpaired) electrons. The number of ketones is 1. The molecule has 1 aromatic rings. The quantitative estimate of drug-likeness (QED) is 0.756. The van der Waals surface area contributed by atoms with Crippen LogP contribution in [0.2, 0.25) is 0 Å². The van der Waals surface area contributed by atoms with Gasteiger partial charge >= 0.3 is 0 Å². The molecule has 1 N–H and O–H groups in total. The van der Waals surface area contributed by atoms with E-state index >= 15 is 0 Å². The van der Waals surface area contributed by atoms with Gasteiger partial charge in [-0.2, -0.15) is 0 Å². The summed E-state index contributed by atoms with van der Waals surface area (Å²) in [6.45, 7) is 1.27. The Labute approximate surface area is 77.2 Å². The highest BCUT2D eigenvalue weighted by Gasteiger charge is 2.10. The molecular formula is C8H6BrFO2. The fourth-order valence-corrected chi connectivity index (χ4v) is 1.15. The Kier molecular flexibility index (Phi) is 2.47. The molecule has 0 unspecified atom stereocenters. The van der Waals surface area contributed by atoms with Crippen LogP contribution in [-0.2, 0) is 0 Å². The molecule has 0 aliphatic rings. The first-order valence-corrected chi connectivity index (χ1v) is 4.00. The third-order valence-electron chi connectivity index (χ3n) is 1.42. The van der Waals surface area contributed by atoms with Crippen LogP contribution in [0, 0.1) is 5.82 Å². The largest absolute Gasteiger partial charge is 0.507 e. The fourth-order valence-electron chi connectivity index (χ4n) is 0.806. The number of benzene rings is 1. The van der Waals surface area contributed by atoms with Gasteiger partial charge in [0, 0.05) is 6.07 Å². The van der Waals surface area contributed by atoms with Crippen molar-refractivity contribution in [1.29, 1.82) is 0 Å². The third-order valence-corrected chi connectivity index (χ3v) is 2.05. The lowest BCUT2D eigenvalue weighted by atomic mass is 10.1. The number of carbonyl (C=O) groups is 1. The van der Waals surface area contributed by atoms with Crippen molar-refractivity contribution in [2.24, 2.45) is 0 Å². The Balaban J connectivity index is 3.33. The van der Waals surface area contributed by atoms with E-state index in [0.717, 1.165) is 6.07 Å². The molecule has 0 bridgehead atoms. The van der Waals surface area contributed by atoms with Crippen LogP contribution < -0.4 is 0 Å². The molecular weight excluding hydrogens is 227 g/mol. The van der Waals surface area contributed by atoms with Gasteiger partial charge in [-0.05, 0) is 28.9 Å². The molecule has 4 heteroatoms. The lowest BCUT2D eigenvalue weighted by molar-refractivity contribution is 0.101. The maximum atomic E-state index is 12.9. The number of carbonyl (C=O) groups excluding carboxylic acids is 1. The molecule has 0 saturated heterocycles. The van der Waals surface area contributed by atoms with Crippen LogP contribution in [0.1, 0.15) is 17.3 Å². The van der Waals surface area contributed by atoms with E-state index in [1.54, 1.807) is 0 Å². The Bertz CT molecular complexity index is 336. The van der Waals surface area contributed by atoms with Gasteiger partial charge in [0.15, 0.2) is 5.78 Å². The first kappa shape index (κ1) is 9.19. The number of hydrogen-bond donors (Lipinski definition) is 1. The number of Topliss-reactive ketones (excluding diaryl/α,β-unsaturated/α-hetero) is 1. The summed E-state index contributed by atoms with van der Waals surface area (Å²) in [5.74, 6) is -1.28. The average molecular weight is 233 g/mol. The highest BCUT2D eigenvalue weighted by molar-refractivity contribution is 9.10. The molecule has 0 aliphatic carbocycles. The van der Waals surface area contributed by atoms with Crippen molar-refractivity contribution >= 4 is 21.7 Å². The van der Waals surface area contributed by atoms with Crippen LogP contribution in [0.15, 0.2) is 16.6 Å². The van der Waals surface area contributed by atoms with Gasteiger partial charge in [-0.25, -0.2) is 4.39 Å². The molecule has 0 aromatic heterocycles. The zero-order valence-electron chi connectivity index (χ0n) is 6.27. The number of aromatic hydroxyl groups is 1. The number of rotatable bonds is 1. The molecule has 0 heterocycles. The Morgan fingerprint density at radius 2 is 2.17 bits per heavy atom. The molecule has 0 amide bonds. The van der Waals surface area contributed by atoms with Gasteiger partial charge in [0.1, 0.15) is 11.6 Å². The van der Waals surface area contributed by atoms with Crippen molar-refractivity contribution < 1.29 is 14.3 Å². The molecule has 0 spiro atoms. The van der Waals surface area contributed by atoms with E-state index in [0.29, 0.717) is 4.47 Å². The van der Waals surface area contributed by atoms with Gasteiger partial charge in [0.05, 0.1) is 10.0 Å². The van der Waals surface area contributed by atoms with E-state index < -0.39 is 5.82 Å². The molecule has 1 aromatic carbocycles. The maximum absolute atomic E-state index is 12.9. The van der Waals surface area contributed by atoms with Crippen LogP contribution >= 0.6 is 15.9 Å². The maximum Gasteiger partial charge on any atom is 0.162 e. The van der Waals surface area contributed by atoms with Crippen molar-refractivity contribution in [2.75, 3.05) is 0 Å². The SMILES string of the molecule is CC(=O)c1cc(Br)c(O)cc1F. The third kappa shape index (κ3) is 1.64.